The highest BCUT2D eigenvalue weighted by atomic mass is 32.1. The van der Waals surface area contributed by atoms with Crippen molar-refractivity contribution in [1.82, 2.24) is 10.2 Å². The van der Waals surface area contributed by atoms with Gasteiger partial charge in [-0.05, 0) is 0 Å². The number of nitrogens with zero attached hydrogens (tertiary/aromatic N) is 2. The largest absolute Gasteiger partial charge is 0.396 e. The van der Waals surface area contributed by atoms with Gasteiger partial charge in [0.15, 0.2) is 0 Å². The number of rotatable bonds is 4. The number of amides is 1. The lowest BCUT2D eigenvalue weighted by atomic mass is 10.2. The van der Waals surface area contributed by atoms with Crippen LogP contribution >= 0.6 is 11.3 Å². The summed E-state index contributed by atoms with van der Waals surface area (Å²) < 4.78 is 0. The highest BCUT2D eigenvalue weighted by Crippen LogP contribution is 2.35. The van der Waals surface area contributed by atoms with Crippen LogP contribution in [0.4, 0.5) is 10.7 Å². The van der Waals surface area contributed by atoms with E-state index in [1.165, 1.54) is 0 Å². The zero-order chi connectivity index (χ0) is 13.1. The summed E-state index contributed by atoms with van der Waals surface area (Å²) in [4.78, 5) is 11.6. The van der Waals surface area contributed by atoms with Gasteiger partial charge < -0.3 is 16.8 Å². The molecule has 1 amide bonds. The van der Waals surface area contributed by atoms with Gasteiger partial charge in [0.05, 0.1) is 17.4 Å². The average Bonchev–Trinajstić information content (AvgIpc) is 2.93. The fraction of sp³-hybridized carbons (Fsp3) is 0.100. The van der Waals surface area contributed by atoms with Crippen molar-refractivity contribution in [2.75, 3.05) is 11.1 Å². The van der Waals surface area contributed by atoms with E-state index < -0.39 is 5.91 Å². The first kappa shape index (κ1) is 11.9. The van der Waals surface area contributed by atoms with Crippen LogP contribution in [0, 0.1) is 11.3 Å². The number of anilines is 2. The number of carbonyl (C=O) groups is 1. The molecule has 0 spiro atoms. The molecule has 92 valence electrons. The summed E-state index contributed by atoms with van der Waals surface area (Å²) in [6.07, 6.45) is 3.37. The van der Waals surface area contributed by atoms with Crippen molar-refractivity contribution in [3.63, 3.8) is 0 Å². The van der Waals surface area contributed by atoms with E-state index in [-0.39, 0.29) is 16.1 Å². The molecule has 0 aliphatic rings. The second-order valence-electron chi connectivity index (χ2n) is 3.49. The number of aromatic nitrogens is 2. The van der Waals surface area contributed by atoms with Gasteiger partial charge in [0.25, 0.3) is 5.91 Å². The van der Waals surface area contributed by atoms with Crippen molar-refractivity contribution < 1.29 is 4.79 Å². The van der Waals surface area contributed by atoms with Crippen LogP contribution in [0.5, 0.6) is 0 Å². The Balaban J connectivity index is 2.27. The zero-order valence-electron chi connectivity index (χ0n) is 9.23. The van der Waals surface area contributed by atoms with Gasteiger partial charge in [-0.2, -0.15) is 10.4 Å². The molecule has 8 heteroatoms. The van der Waals surface area contributed by atoms with Gasteiger partial charge in [-0.3, -0.25) is 9.89 Å². The maximum absolute atomic E-state index is 11.3. The summed E-state index contributed by atoms with van der Waals surface area (Å²) in [5, 5.41) is 18.9. The quantitative estimate of drug-likeness (QED) is 0.641. The van der Waals surface area contributed by atoms with Crippen LogP contribution in [0.15, 0.2) is 12.4 Å². The molecule has 0 unspecified atom stereocenters. The zero-order valence-corrected chi connectivity index (χ0v) is 10.0. The first-order valence-electron chi connectivity index (χ1n) is 4.97. The SMILES string of the molecule is N#Cc1sc(NCc2cn[nH]c2)c(C(N)=O)c1N. The van der Waals surface area contributed by atoms with Crippen molar-refractivity contribution in [2.24, 2.45) is 5.73 Å². The first-order valence-corrected chi connectivity index (χ1v) is 5.78. The van der Waals surface area contributed by atoms with Gasteiger partial charge in [0, 0.05) is 18.3 Å². The summed E-state index contributed by atoms with van der Waals surface area (Å²) >= 11 is 1.11. The molecule has 6 N–H and O–H groups in total. The number of carbonyl (C=O) groups excluding carboxylic acids is 1. The van der Waals surface area contributed by atoms with Crippen molar-refractivity contribution in [1.29, 1.82) is 5.26 Å². The number of hydrogen-bond donors (Lipinski definition) is 4. The molecule has 2 heterocycles. The molecule has 0 aromatic carbocycles. The second-order valence-corrected chi connectivity index (χ2v) is 4.51. The molecule has 0 bridgehead atoms. The van der Waals surface area contributed by atoms with E-state index in [4.69, 9.17) is 16.7 Å². The number of nitriles is 1. The molecule has 7 nitrogen and oxygen atoms in total. The van der Waals surface area contributed by atoms with E-state index in [9.17, 15) is 4.79 Å². The molecule has 2 rings (SSSR count). The lowest BCUT2D eigenvalue weighted by Gasteiger charge is -2.03. The molecule has 0 fully saturated rings. The van der Waals surface area contributed by atoms with Gasteiger partial charge in [0.2, 0.25) is 0 Å². The van der Waals surface area contributed by atoms with Crippen molar-refractivity contribution >= 4 is 27.9 Å². The Kier molecular flexibility index (Phi) is 3.16. The Morgan fingerprint density at radius 1 is 1.67 bits per heavy atom. The van der Waals surface area contributed by atoms with Crippen molar-refractivity contribution in [3.05, 3.63) is 28.4 Å². The maximum Gasteiger partial charge on any atom is 0.253 e. The Bertz CT molecular complexity index is 609. The predicted molar refractivity (Wildman–Crippen MR) is 67.9 cm³/mol. The topological polar surface area (TPSA) is 134 Å². The number of H-pyrrole nitrogens is 1. The van der Waals surface area contributed by atoms with Gasteiger partial charge in [-0.1, -0.05) is 0 Å². The van der Waals surface area contributed by atoms with Crippen LogP contribution in [0.25, 0.3) is 0 Å². The van der Waals surface area contributed by atoms with E-state index in [0.29, 0.717) is 11.5 Å². The van der Waals surface area contributed by atoms with Crippen LogP contribution in [0.1, 0.15) is 20.8 Å². The molecular weight excluding hydrogens is 252 g/mol. The van der Waals surface area contributed by atoms with Crippen molar-refractivity contribution in [2.45, 2.75) is 6.54 Å². The number of nitrogens with one attached hydrogen (secondary N) is 2. The summed E-state index contributed by atoms with van der Waals surface area (Å²) in [6.45, 7) is 0.460. The minimum Gasteiger partial charge on any atom is -0.396 e. The fourth-order valence-electron chi connectivity index (χ4n) is 1.45. The molecule has 0 saturated carbocycles. The molecule has 0 radical (unpaired) electrons. The number of aromatic amines is 1. The molecular formula is C10H10N6OS. The number of nitrogens with two attached hydrogens (primary N) is 2. The smallest absolute Gasteiger partial charge is 0.253 e. The van der Waals surface area contributed by atoms with Gasteiger partial charge >= 0.3 is 0 Å². The van der Waals surface area contributed by atoms with Crippen LogP contribution in [-0.4, -0.2) is 16.1 Å². The van der Waals surface area contributed by atoms with E-state index in [2.05, 4.69) is 15.5 Å². The Hall–Kier alpha value is -2.53. The lowest BCUT2D eigenvalue weighted by Crippen LogP contribution is -2.14. The minimum atomic E-state index is -0.653. The molecule has 0 saturated heterocycles. The Morgan fingerprint density at radius 3 is 3.00 bits per heavy atom. The summed E-state index contributed by atoms with van der Waals surface area (Å²) in [7, 11) is 0. The fourth-order valence-corrected chi connectivity index (χ4v) is 2.37. The van der Waals surface area contributed by atoms with Crippen molar-refractivity contribution in [3.8, 4) is 6.07 Å². The average molecular weight is 262 g/mol. The predicted octanol–water partition coefficient (Wildman–Crippen LogP) is 0.636. The molecule has 0 atom stereocenters. The van der Waals surface area contributed by atoms with Crippen LogP contribution in [-0.2, 0) is 6.54 Å². The van der Waals surface area contributed by atoms with E-state index in [1.807, 2.05) is 6.07 Å². The number of primary amides is 1. The minimum absolute atomic E-state index is 0.129. The first-order chi connectivity index (χ1) is 8.63. The van der Waals surface area contributed by atoms with Gasteiger partial charge in [-0.25, -0.2) is 0 Å². The maximum atomic E-state index is 11.3. The molecule has 2 aromatic heterocycles. The van der Waals surface area contributed by atoms with Crippen LogP contribution in [0.3, 0.4) is 0 Å². The number of nitrogen functional groups attached to an aromatic ring is 1. The molecule has 0 aliphatic carbocycles. The second kappa shape index (κ2) is 4.77. The molecule has 2 aromatic rings. The molecule has 18 heavy (non-hydrogen) atoms. The highest BCUT2D eigenvalue weighted by Gasteiger charge is 2.19. The van der Waals surface area contributed by atoms with E-state index in [0.717, 1.165) is 16.9 Å². The number of thiophene rings is 1. The highest BCUT2D eigenvalue weighted by molar-refractivity contribution is 7.17. The third-order valence-electron chi connectivity index (χ3n) is 2.30. The lowest BCUT2D eigenvalue weighted by molar-refractivity contribution is 0.100. The van der Waals surface area contributed by atoms with E-state index >= 15 is 0 Å². The van der Waals surface area contributed by atoms with Crippen LogP contribution in [0.2, 0.25) is 0 Å². The Labute approximate surface area is 106 Å². The third kappa shape index (κ3) is 2.11. The van der Waals surface area contributed by atoms with Gasteiger partial charge in [-0.15, -0.1) is 11.3 Å². The summed E-state index contributed by atoms with van der Waals surface area (Å²) in [5.74, 6) is -0.653. The normalized spacial score (nSPS) is 9.94. The molecule has 0 aliphatic heterocycles. The monoisotopic (exact) mass is 262 g/mol. The Morgan fingerprint density at radius 2 is 2.44 bits per heavy atom. The third-order valence-corrected chi connectivity index (χ3v) is 3.37. The van der Waals surface area contributed by atoms with Gasteiger partial charge in [0.1, 0.15) is 15.9 Å². The number of hydrogen-bond acceptors (Lipinski definition) is 6. The van der Waals surface area contributed by atoms with E-state index in [1.54, 1.807) is 12.4 Å². The van der Waals surface area contributed by atoms with Crippen LogP contribution < -0.4 is 16.8 Å². The summed E-state index contributed by atoms with van der Waals surface area (Å²) in [5.41, 5.74) is 12.2. The summed E-state index contributed by atoms with van der Waals surface area (Å²) in [6, 6.07) is 1.93. The standard InChI is InChI=1S/C10H10N6OS/c11-1-6-8(12)7(9(13)17)10(18-6)14-2-5-3-15-16-4-5/h3-4,14H,2,12H2,(H2,13,17)(H,15,16).